The Kier molecular flexibility index (Phi) is 5.63. The van der Waals surface area contributed by atoms with Gasteiger partial charge in [0.2, 0.25) is 0 Å². The van der Waals surface area contributed by atoms with Crippen LogP contribution in [-0.2, 0) is 0 Å². The zero-order chi connectivity index (χ0) is 15.1. The highest BCUT2D eigenvalue weighted by molar-refractivity contribution is 5.97. The fourth-order valence-electron chi connectivity index (χ4n) is 2.45. The van der Waals surface area contributed by atoms with Gasteiger partial charge in [0, 0.05) is 17.7 Å². The summed E-state index contributed by atoms with van der Waals surface area (Å²) in [6, 6.07) is 5.73. The number of allylic oxidation sites excluding steroid dienone is 1. The van der Waals surface area contributed by atoms with Gasteiger partial charge in [-0.25, -0.2) is 0 Å². The minimum Gasteiger partial charge on any atom is -0.309 e. The Hall–Kier alpha value is -2.01. The number of nitro benzene ring substituents is 1. The maximum absolute atomic E-state index is 11.9. The van der Waals surface area contributed by atoms with E-state index in [4.69, 9.17) is 0 Å². The second kappa shape index (κ2) is 7.69. The molecule has 1 aliphatic rings. The monoisotopic (exact) mass is 288 g/mol. The summed E-state index contributed by atoms with van der Waals surface area (Å²) in [5.41, 5.74) is 1.99. The molecule has 0 radical (unpaired) electrons. The molecule has 0 saturated carbocycles. The van der Waals surface area contributed by atoms with Crippen LogP contribution in [0.3, 0.4) is 0 Å². The maximum Gasteiger partial charge on any atom is 0.269 e. The SMILES string of the molecule is O=C(CNCCC1=CCCCC1)c1ccc([N+](=O)[O-])cc1. The Labute approximate surface area is 124 Å². The standard InChI is InChI=1S/C16H20N2O3/c19-16(14-6-8-15(9-7-14)18(20)21)12-17-11-10-13-4-2-1-3-5-13/h4,6-9,17H,1-3,5,10-12H2. The van der Waals surface area contributed by atoms with E-state index >= 15 is 0 Å². The predicted octanol–water partition coefficient (Wildman–Crippen LogP) is 3.26. The maximum atomic E-state index is 11.9. The van der Waals surface area contributed by atoms with Crippen LogP contribution in [0.15, 0.2) is 35.9 Å². The summed E-state index contributed by atoms with van der Waals surface area (Å²) >= 11 is 0. The molecule has 0 atom stereocenters. The minimum atomic E-state index is -0.468. The topological polar surface area (TPSA) is 72.2 Å². The first-order valence-corrected chi connectivity index (χ1v) is 7.33. The third-order valence-corrected chi connectivity index (χ3v) is 3.69. The van der Waals surface area contributed by atoms with Gasteiger partial charge in [0.15, 0.2) is 5.78 Å². The molecule has 0 aliphatic heterocycles. The average molecular weight is 288 g/mol. The highest BCUT2D eigenvalue weighted by Gasteiger charge is 2.09. The van der Waals surface area contributed by atoms with Crippen LogP contribution >= 0.6 is 0 Å². The summed E-state index contributed by atoms with van der Waals surface area (Å²) in [5, 5.41) is 13.7. The molecule has 0 aromatic heterocycles. The molecule has 1 aromatic carbocycles. The number of nitrogens with one attached hydrogen (secondary N) is 1. The van der Waals surface area contributed by atoms with Gasteiger partial charge in [0.1, 0.15) is 0 Å². The van der Waals surface area contributed by atoms with E-state index in [0.29, 0.717) is 5.56 Å². The van der Waals surface area contributed by atoms with Crippen molar-refractivity contribution in [1.29, 1.82) is 0 Å². The lowest BCUT2D eigenvalue weighted by molar-refractivity contribution is -0.384. The van der Waals surface area contributed by atoms with Gasteiger partial charge in [-0.2, -0.15) is 0 Å². The fraction of sp³-hybridized carbons (Fsp3) is 0.438. The van der Waals surface area contributed by atoms with Crippen molar-refractivity contribution >= 4 is 11.5 Å². The number of carbonyl (C=O) groups excluding carboxylic acids is 1. The van der Waals surface area contributed by atoms with Crippen LogP contribution in [0.5, 0.6) is 0 Å². The average Bonchev–Trinajstić information content (AvgIpc) is 2.52. The van der Waals surface area contributed by atoms with Crippen molar-refractivity contribution in [2.24, 2.45) is 0 Å². The van der Waals surface area contributed by atoms with Crippen molar-refractivity contribution in [3.8, 4) is 0 Å². The molecule has 1 N–H and O–H groups in total. The van der Waals surface area contributed by atoms with Gasteiger partial charge in [-0.1, -0.05) is 11.6 Å². The Balaban J connectivity index is 1.74. The Morgan fingerprint density at radius 2 is 2.00 bits per heavy atom. The van der Waals surface area contributed by atoms with E-state index in [0.717, 1.165) is 13.0 Å². The van der Waals surface area contributed by atoms with E-state index in [1.165, 1.54) is 55.5 Å². The zero-order valence-electron chi connectivity index (χ0n) is 12.0. The van der Waals surface area contributed by atoms with E-state index in [1.54, 1.807) is 0 Å². The molecule has 1 aromatic rings. The molecule has 112 valence electrons. The van der Waals surface area contributed by atoms with Crippen LogP contribution in [0.1, 0.15) is 42.5 Å². The molecule has 0 saturated heterocycles. The quantitative estimate of drug-likeness (QED) is 0.275. The van der Waals surface area contributed by atoms with E-state index in [2.05, 4.69) is 11.4 Å². The molecule has 0 fully saturated rings. The van der Waals surface area contributed by atoms with E-state index in [-0.39, 0.29) is 18.0 Å². The smallest absolute Gasteiger partial charge is 0.269 e. The number of hydrogen-bond donors (Lipinski definition) is 1. The van der Waals surface area contributed by atoms with Gasteiger partial charge in [-0.15, -0.1) is 0 Å². The van der Waals surface area contributed by atoms with Crippen molar-refractivity contribution in [2.75, 3.05) is 13.1 Å². The first-order valence-electron chi connectivity index (χ1n) is 7.33. The summed E-state index contributed by atoms with van der Waals surface area (Å²) in [5.74, 6) is -0.0393. The Bertz CT molecular complexity index is 535. The number of ketones is 1. The van der Waals surface area contributed by atoms with Crippen LogP contribution in [0, 0.1) is 10.1 Å². The molecule has 0 bridgehead atoms. The third-order valence-electron chi connectivity index (χ3n) is 3.69. The highest BCUT2D eigenvalue weighted by atomic mass is 16.6. The van der Waals surface area contributed by atoms with Gasteiger partial charge in [0.25, 0.3) is 5.69 Å². The lowest BCUT2D eigenvalue weighted by Crippen LogP contribution is -2.24. The number of hydrogen-bond acceptors (Lipinski definition) is 4. The molecule has 1 aliphatic carbocycles. The molecule has 0 spiro atoms. The predicted molar refractivity (Wildman–Crippen MR) is 81.5 cm³/mol. The Morgan fingerprint density at radius 3 is 2.62 bits per heavy atom. The number of carbonyl (C=O) groups is 1. The summed E-state index contributed by atoms with van der Waals surface area (Å²) in [6.07, 6.45) is 8.22. The van der Waals surface area contributed by atoms with Gasteiger partial charge in [-0.3, -0.25) is 14.9 Å². The summed E-state index contributed by atoms with van der Waals surface area (Å²) in [4.78, 5) is 22.0. The molecule has 0 unspecified atom stereocenters. The number of nitro groups is 1. The van der Waals surface area contributed by atoms with Gasteiger partial charge in [0.05, 0.1) is 11.5 Å². The lowest BCUT2D eigenvalue weighted by atomic mass is 9.97. The number of nitrogens with zero attached hydrogens (tertiary/aromatic N) is 1. The van der Waals surface area contributed by atoms with Crippen LogP contribution < -0.4 is 5.32 Å². The van der Waals surface area contributed by atoms with Crippen molar-refractivity contribution in [3.63, 3.8) is 0 Å². The molecule has 0 heterocycles. The molecule has 0 amide bonds. The highest BCUT2D eigenvalue weighted by Crippen LogP contribution is 2.19. The first-order chi connectivity index (χ1) is 10.2. The normalized spacial score (nSPS) is 14.6. The summed E-state index contributed by atoms with van der Waals surface area (Å²) in [7, 11) is 0. The van der Waals surface area contributed by atoms with E-state index in [1.807, 2.05) is 0 Å². The van der Waals surface area contributed by atoms with Gasteiger partial charge >= 0.3 is 0 Å². The number of Topliss-reactive ketones (excluding diaryl/α,β-unsaturated/α-hetero) is 1. The van der Waals surface area contributed by atoms with Crippen molar-refractivity contribution in [3.05, 3.63) is 51.6 Å². The van der Waals surface area contributed by atoms with Crippen LogP contribution in [0.2, 0.25) is 0 Å². The number of non-ortho nitro benzene ring substituents is 1. The van der Waals surface area contributed by atoms with Crippen molar-refractivity contribution < 1.29 is 9.72 Å². The summed E-state index contributed by atoms with van der Waals surface area (Å²) in [6.45, 7) is 1.07. The lowest BCUT2D eigenvalue weighted by Gasteiger charge is -2.12. The fourth-order valence-corrected chi connectivity index (χ4v) is 2.45. The molecular weight excluding hydrogens is 268 g/mol. The van der Waals surface area contributed by atoms with Gasteiger partial charge < -0.3 is 5.32 Å². The number of rotatable bonds is 7. The van der Waals surface area contributed by atoms with Crippen molar-refractivity contribution in [1.82, 2.24) is 5.32 Å². The minimum absolute atomic E-state index is 0.00347. The molecular formula is C16H20N2O3. The van der Waals surface area contributed by atoms with Crippen LogP contribution in [-0.4, -0.2) is 23.8 Å². The molecule has 2 rings (SSSR count). The molecule has 5 nitrogen and oxygen atoms in total. The summed E-state index contributed by atoms with van der Waals surface area (Å²) < 4.78 is 0. The second-order valence-corrected chi connectivity index (χ2v) is 5.26. The molecule has 21 heavy (non-hydrogen) atoms. The first kappa shape index (κ1) is 15.4. The van der Waals surface area contributed by atoms with E-state index in [9.17, 15) is 14.9 Å². The second-order valence-electron chi connectivity index (χ2n) is 5.26. The van der Waals surface area contributed by atoms with Crippen molar-refractivity contribution in [2.45, 2.75) is 32.1 Å². The Morgan fingerprint density at radius 1 is 1.24 bits per heavy atom. The number of benzene rings is 1. The largest absolute Gasteiger partial charge is 0.309 e. The zero-order valence-corrected chi connectivity index (χ0v) is 12.0. The van der Waals surface area contributed by atoms with E-state index < -0.39 is 4.92 Å². The van der Waals surface area contributed by atoms with Gasteiger partial charge in [-0.05, 0) is 50.8 Å². The van der Waals surface area contributed by atoms with Crippen LogP contribution in [0.25, 0.3) is 0 Å². The van der Waals surface area contributed by atoms with Crippen LogP contribution in [0.4, 0.5) is 5.69 Å². The molecule has 5 heteroatoms. The third kappa shape index (κ3) is 4.79.